The number of hydrogen-bond donors (Lipinski definition) is 2. The van der Waals surface area contributed by atoms with Crippen molar-refractivity contribution in [2.45, 2.75) is 39.7 Å². The molecule has 0 aromatic carbocycles. The van der Waals surface area contributed by atoms with Gasteiger partial charge < -0.3 is 15.5 Å². The van der Waals surface area contributed by atoms with Crippen molar-refractivity contribution in [2.24, 2.45) is 11.7 Å². The van der Waals surface area contributed by atoms with E-state index in [1.54, 1.807) is 11.3 Å². The monoisotopic (exact) mass is 393 g/mol. The fraction of sp³-hybridized carbons (Fsp3) is 0.500. The number of carbonyl (C=O) groups is 1. The van der Waals surface area contributed by atoms with Crippen LogP contribution in [-0.2, 0) is 11.2 Å². The molecule has 0 aliphatic heterocycles. The Morgan fingerprint density at radius 1 is 1.46 bits per heavy atom. The van der Waals surface area contributed by atoms with Crippen molar-refractivity contribution >= 4 is 42.1 Å². The van der Waals surface area contributed by atoms with Crippen molar-refractivity contribution in [2.75, 3.05) is 6.54 Å². The molecule has 0 saturated carbocycles. The van der Waals surface area contributed by atoms with E-state index >= 15 is 0 Å². The van der Waals surface area contributed by atoms with Gasteiger partial charge in [-0.25, -0.2) is 4.98 Å². The minimum atomic E-state index is -0.411. The highest BCUT2D eigenvalue weighted by Gasteiger charge is 2.29. The van der Waals surface area contributed by atoms with Crippen LogP contribution in [0.3, 0.4) is 0 Å². The van der Waals surface area contributed by atoms with E-state index < -0.39 is 5.54 Å². The standard InChI is InChI=1S/C16H23N3O2S.2ClH/c1-10(2)16(4,9-17)19-14(20)8-12-11(3)21-15(18-12)13-6-5-7-22-13;;/h5-7,10H,8-9,17H2,1-4H3,(H,19,20);2*1H. The first-order valence-electron chi connectivity index (χ1n) is 7.37. The molecular weight excluding hydrogens is 369 g/mol. The van der Waals surface area contributed by atoms with E-state index in [9.17, 15) is 4.79 Å². The molecule has 0 aliphatic rings. The molecule has 136 valence electrons. The van der Waals surface area contributed by atoms with Crippen molar-refractivity contribution in [3.05, 3.63) is 29.0 Å². The first-order valence-corrected chi connectivity index (χ1v) is 8.25. The molecule has 2 aromatic heterocycles. The molecule has 1 atom stereocenters. The van der Waals surface area contributed by atoms with Gasteiger partial charge in [0.1, 0.15) is 5.76 Å². The zero-order valence-corrected chi connectivity index (χ0v) is 16.7. The molecule has 0 aliphatic carbocycles. The van der Waals surface area contributed by atoms with Crippen LogP contribution in [0.25, 0.3) is 10.8 Å². The smallest absolute Gasteiger partial charge is 0.236 e. The van der Waals surface area contributed by atoms with Gasteiger partial charge in [-0.3, -0.25) is 4.79 Å². The van der Waals surface area contributed by atoms with E-state index in [1.165, 1.54) is 0 Å². The summed E-state index contributed by atoms with van der Waals surface area (Å²) in [4.78, 5) is 17.7. The molecule has 0 bridgehead atoms. The summed E-state index contributed by atoms with van der Waals surface area (Å²) in [5, 5.41) is 4.99. The highest BCUT2D eigenvalue weighted by molar-refractivity contribution is 7.13. The van der Waals surface area contributed by atoms with E-state index in [2.05, 4.69) is 10.3 Å². The molecule has 2 aromatic rings. The van der Waals surface area contributed by atoms with Crippen LogP contribution >= 0.6 is 36.2 Å². The Morgan fingerprint density at radius 2 is 2.12 bits per heavy atom. The fourth-order valence-electron chi connectivity index (χ4n) is 2.04. The minimum Gasteiger partial charge on any atom is -0.440 e. The number of hydrogen-bond acceptors (Lipinski definition) is 5. The molecule has 0 saturated heterocycles. The maximum absolute atomic E-state index is 12.3. The van der Waals surface area contributed by atoms with E-state index in [1.807, 2.05) is 45.2 Å². The molecule has 8 heteroatoms. The average molecular weight is 394 g/mol. The minimum absolute atomic E-state index is 0. The number of nitrogens with zero attached hydrogens (tertiary/aromatic N) is 1. The van der Waals surface area contributed by atoms with E-state index in [-0.39, 0.29) is 43.1 Å². The normalized spacial score (nSPS) is 12.9. The van der Waals surface area contributed by atoms with Gasteiger partial charge in [-0.2, -0.15) is 0 Å². The van der Waals surface area contributed by atoms with Gasteiger partial charge in [0, 0.05) is 6.54 Å². The van der Waals surface area contributed by atoms with Gasteiger partial charge in [0.25, 0.3) is 0 Å². The van der Waals surface area contributed by atoms with Gasteiger partial charge in [0.15, 0.2) is 0 Å². The van der Waals surface area contributed by atoms with Crippen LogP contribution in [0.5, 0.6) is 0 Å². The lowest BCUT2D eigenvalue weighted by Gasteiger charge is -2.33. The molecule has 0 spiro atoms. The Balaban J connectivity index is 0.00000264. The van der Waals surface area contributed by atoms with Crippen LogP contribution in [0.2, 0.25) is 0 Å². The summed E-state index contributed by atoms with van der Waals surface area (Å²) in [5.74, 6) is 1.41. The molecule has 5 nitrogen and oxygen atoms in total. The van der Waals surface area contributed by atoms with E-state index in [0.717, 1.165) is 4.88 Å². The summed E-state index contributed by atoms with van der Waals surface area (Å²) in [6.07, 6.45) is 0.197. The molecule has 24 heavy (non-hydrogen) atoms. The van der Waals surface area contributed by atoms with Crippen LogP contribution in [-0.4, -0.2) is 23.0 Å². The second kappa shape index (κ2) is 9.42. The summed E-state index contributed by atoms with van der Waals surface area (Å²) >= 11 is 1.56. The first-order chi connectivity index (χ1) is 10.4. The number of oxazole rings is 1. The third kappa shape index (κ3) is 5.21. The lowest BCUT2D eigenvalue weighted by molar-refractivity contribution is -0.122. The molecular formula is C16H25Cl2N3O2S. The van der Waals surface area contributed by atoms with Crippen LogP contribution in [0, 0.1) is 12.8 Å². The number of halogens is 2. The SMILES string of the molecule is Cc1oc(-c2cccs2)nc1CC(=O)NC(C)(CN)C(C)C.Cl.Cl. The number of carbonyl (C=O) groups excluding carboxylic acids is 1. The third-order valence-corrected chi connectivity index (χ3v) is 4.93. The Bertz CT molecular complexity index is 644. The van der Waals surface area contributed by atoms with E-state index in [0.29, 0.717) is 23.9 Å². The molecule has 1 unspecified atom stereocenters. The zero-order chi connectivity index (χ0) is 16.3. The maximum Gasteiger partial charge on any atom is 0.236 e. The quantitative estimate of drug-likeness (QED) is 0.785. The van der Waals surface area contributed by atoms with Crippen molar-refractivity contribution < 1.29 is 9.21 Å². The maximum atomic E-state index is 12.3. The summed E-state index contributed by atoms with van der Waals surface area (Å²) < 4.78 is 5.66. The molecule has 0 radical (unpaired) electrons. The lowest BCUT2D eigenvalue weighted by atomic mass is 9.88. The number of rotatable bonds is 6. The lowest BCUT2D eigenvalue weighted by Crippen LogP contribution is -2.55. The van der Waals surface area contributed by atoms with Gasteiger partial charge in [-0.05, 0) is 31.2 Å². The highest BCUT2D eigenvalue weighted by Crippen LogP contribution is 2.26. The van der Waals surface area contributed by atoms with Crippen LogP contribution < -0.4 is 11.1 Å². The molecule has 2 rings (SSSR count). The van der Waals surface area contributed by atoms with Crippen molar-refractivity contribution in [3.8, 4) is 10.8 Å². The molecule has 0 fully saturated rings. The summed E-state index contributed by atoms with van der Waals surface area (Å²) in [5.41, 5.74) is 6.06. The van der Waals surface area contributed by atoms with Crippen LogP contribution in [0.4, 0.5) is 0 Å². The predicted octanol–water partition coefficient (Wildman–Crippen LogP) is 3.59. The summed E-state index contributed by atoms with van der Waals surface area (Å²) in [6, 6.07) is 3.89. The third-order valence-electron chi connectivity index (χ3n) is 4.08. The number of nitrogens with two attached hydrogens (primary N) is 1. The molecule has 2 heterocycles. The summed E-state index contributed by atoms with van der Waals surface area (Å²) in [6.45, 7) is 8.28. The van der Waals surface area contributed by atoms with Crippen molar-refractivity contribution in [3.63, 3.8) is 0 Å². The molecule has 3 N–H and O–H groups in total. The molecule has 1 amide bonds. The topological polar surface area (TPSA) is 81.2 Å². The van der Waals surface area contributed by atoms with Gasteiger partial charge in [-0.15, -0.1) is 36.2 Å². The van der Waals surface area contributed by atoms with Gasteiger partial charge >= 0.3 is 0 Å². The van der Waals surface area contributed by atoms with Gasteiger partial charge in [-0.1, -0.05) is 19.9 Å². The highest BCUT2D eigenvalue weighted by atomic mass is 35.5. The first kappa shape index (κ1) is 22.9. The van der Waals surface area contributed by atoms with Gasteiger partial charge in [0.05, 0.1) is 22.5 Å². The summed E-state index contributed by atoms with van der Waals surface area (Å²) in [7, 11) is 0. The fourth-order valence-corrected chi connectivity index (χ4v) is 2.69. The number of aryl methyl sites for hydroxylation is 1. The number of aromatic nitrogens is 1. The van der Waals surface area contributed by atoms with Crippen molar-refractivity contribution in [1.29, 1.82) is 0 Å². The Morgan fingerprint density at radius 3 is 2.62 bits per heavy atom. The Hall–Kier alpha value is -1.08. The number of amides is 1. The van der Waals surface area contributed by atoms with Crippen LogP contribution in [0.15, 0.2) is 21.9 Å². The average Bonchev–Trinajstić information content (AvgIpc) is 3.09. The number of thiophene rings is 1. The second-order valence-electron chi connectivity index (χ2n) is 6.00. The predicted molar refractivity (Wildman–Crippen MR) is 103 cm³/mol. The zero-order valence-electron chi connectivity index (χ0n) is 14.3. The number of nitrogens with one attached hydrogen (secondary N) is 1. The van der Waals surface area contributed by atoms with E-state index in [4.69, 9.17) is 10.2 Å². The van der Waals surface area contributed by atoms with Gasteiger partial charge in [0.2, 0.25) is 11.8 Å². The Kier molecular flexibility index (Phi) is 8.99. The second-order valence-corrected chi connectivity index (χ2v) is 6.95. The Labute approximate surface area is 159 Å². The largest absolute Gasteiger partial charge is 0.440 e. The van der Waals surface area contributed by atoms with Crippen LogP contribution in [0.1, 0.15) is 32.2 Å². The van der Waals surface area contributed by atoms with Crippen molar-refractivity contribution in [1.82, 2.24) is 10.3 Å².